The predicted molar refractivity (Wildman–Crippen MR) is 100.0 cm³/mol. The molecule has 0 radical (unpaired) electrons. The first kappa shape index (κ1) is 18.8. The minimum absolute atomic E-state index is 0.0725. The average molecular weight is 362 g/mol. The van der Waals surface area contributed by atoms with Crippen LogP contribution >= 0.6 is 0 Å². The lowest BCUT2D eigenvalue weighted by Gasteiger charge is -2.33. The maximum absolute atomic E-state index is 12.4. The van der Waals surface area contributed by atoms with E-state index in [0.717, 1.165) is 45.4 Å². The molecule has 0 spiro atoms. The van der Waals surface area contributed by atoms with Gasteiger partial charge in [-0.25, -0.2) is 0 Å². The van der Waals surface area contributed by atoms with Crippen LogP contribution in [-0.2, 0) is 4.79 Å². The van der Waals surface area contributed by atoms with E-state index in [1.807, 2.05) is 23.1 Å². The van der Waals surface area contributed by atoms with E-state index in [1.165, 1.54) is 6.42 Å². The summed E-state index contributed by atoms with van der Waals surface area (Å²) in [6.45, 7) is 3.66. The number of nitrogens with zero attached hydrogens (tertiary/aromatic N) is 1. The van der Waals surface area contributed by atoms with Crippen molar-refractivity contribution in [3.63, 3.8) is 0 Å². The molecule has 0 bridgehead atoms. The van der Waals surface area contributed by atoms with Crippen LogP contribution in [0.5, 0.6) is 17.2 Å². The Morgan fingerprint density at radius 2 is 1.85 bits per heavy atom. The van der Waals surface area contributed by atoms with Crippen LogP contribution in [0.1, 0.15) is 32.1 Å². The number of ether oxygens (including phenoxy) is 3. The number of carbonyl (C=O) groups is 1. The number of para-hydroxylation sites is 1. The molecule has 1 N–H and O–H groups in total. The number of hydrogen-bond donors (Lipinski definition) is 1. The van der Waals surface area contributed by atoms with Crippen LogP contribution in [-0.4, -0.2) is 57.3 Å². The second-order valence-electron chi connectivity index (χ2n) is 7.09. The largest absolute Gasteiger partial charge is 0.493 e. The predicted octanol–water partition coefficient (Wildman–Crippen LogP) is 2.46. The summed E-state index contributed by atoms with van der Waals surface area (Å²) in [7, 11) is 3.26. The minimum atomic E-state index is 0.0725. The molecule has 2 fully saturated rings. The summed E-state index contributed by atoms with van der Waals surface area (Å²) in [5, 5.41) is 3.36. The van der Waals surface area contributed by atoms with Gasteiger partial charge >= 0.3 is 0 Å². The molecule has 6 heteroatoms. The van der Waals surface area contributed by atoms with Gasteiger partial charge < -0.3 is 24.4 Å². The molecule has 2 saturated heterocycles. The number of piperidine rings is 1. The highest BCUT2D eigenvalue weighted by Crippen LogP contribution is 2.38. The molecule has 3 rings (SSSR count). The second kappa shape index (κ2) is 9.12. The van der Waals surface area contributed by atoms with Crippen LogP contribution in [0.15, 0.2) is 18.2 Å². The standard InChI is InChI=1S/C20H30N2O4/c1-24-17-4-3-5-18(25-2)20(17)26-16-9-12-22(13-10-16)19(23)7-6-15-8-11-21-14-15/h3-5,15-16,21H,6-14H2,1-2H3. The zero-order chi connectivity index (χ0) is 18.4. The fourth-order valence-electron chi connectivity index (χ4n) is 3.77. The molecule has 1 atom stereocenters. The first-order valence-corrected chi connectivity index (χ1v) is 9.57. The maximum Gasteiger partial charge on any atom is 0.222 e. The Bertz CT molecular complexity index is 571. The third kappa shape index (κ3) is 4.61. The van der Waals surface area contributed by atoms with E-state index in [1.54, 1.807) is 14.2 Å². The molecular formula is C20H30N2O4. The second-order valence-corrected chi connectivity index (χ2v) is 7.09. The number of amides is 1. The van der Waals surface area contributed by atoms with E-state index >= 15 is 0 Å². The monoisotopic (exact) mass is 362 g/mol. The van der Waals surface area contributed by atoms with Crippen molar-refractivity contribution >= 4 is 5.91 Å². The smallest absolute Gasteiger partial charge is 0.222 e. The van der Waals surface area contributed by atoms with Gasteiger partial charge in [0, 0.05) is 32.4 Å². The van der Waals surface area contributed by atoms with Gasteiger partial charge in [-0.05, 0) is 44.0 Å². The fraction of sp³-hybridized carbons (Fsp3) is 0.650. The van der Waals surface area contributed by atoms with Gasteiger partial charge in [-0.3, -0.25) is 4.79 Å². The highest BCUT2D eigenvalue weighted by molar-refractivity contribution is 5.76. The van der Waals surface area contributed by atoms with Crippen LogP contribution in [0, 0.1) is 5.92 Å². The van der Waals surface area contributed by atoms with E-state index in [2.05, 4.69) is 5.32 Å². The first-order valence-electron chi connectivity index (χ1n) is 9.57. The normalized spacial score (nSPS) is 20.8. The molecule has 0 aliphatic carbocycles. The van der Waals surface area contributed by atoms with Gasteiger partial charge in [0.2, 0.25) is 11.7 Å². The molecule has 144 valence electrons. The van der Waals surface area contributed by atoms with E-state index in [9.17, 15) is 4.79 Å². The number of benzene rings is 1. The Labute approximate surface area is 155 Å². The van der Waals surface area contributed by atoms with Gasteiger partial charge in [-0.1, -0.05) is 6.07 Å². The summed E-state index contributed by atoms with van der Waals surface area (Å²) >= 11 is 0. The van der Waals surface area contributed by atoms with Crippen LogP contribution in [0.3, 0.4) is 0 Å². The fourth-order valence-corrected chi connectivity index (χ4v) is 3.77. The summed E-state index contributed by atoms with van der Waals surface area (Å²) in [4.78, 5) is 14.4. The van der Waals surface area contributed by atoms with Crippen molar-refractivity contribution in [3.8, 4) is 17.2 Å². The molecule has 1 aromatic carbocycles. The molecule has 1 unspecified atom stereocenters. The Balaban J connectivity index is 1.48. The van der Waals surface area contributed by atoms with Crippen LogP contribution in [0.25, 0.3) is 0 Å². The number of methoxy groups -OCH3 is 2. The van der Waals surface area contributed by atoms with Gasteiger partial charge in [0.1, 0.15) is 6.10 Å². The van der Waals surface area contributed by atoms with E-state index in [-0.39, 0.29) is 12.0 Å². The van der Waals surface area contributed by atoms with E-state index < -0.39 is 0 Å². The Morgan fingerprint density at radius 3 is 2.42 bits per heavy atom. The SMILES string of the molecule is COc1cccc(OC)c1OC1CCN(C(=O)CCC2CCNC2)CC1. The third-order valence-electron chi connectivity index (χ3n) is 5.39. The van der Waals surface area contributed by atoms with E-state index in [0.29, 0.717) is 29.6 Å². The quantitative estimate of drug-likeness (QED) is 0.807. The lowest BCUT2D eigenvalue weighted by Crippen LogP contribution is -2.41. The van der Waals surface area contributed by atoms with Crippen LogP contribution < -0.4 is 19.5 Å². The van der Waals surface area contributed by atoms with Gasteiger partial charge in [0.05, 0.1) is 14.2 Å². The van der Waals surface area contributed by atoms with Crippen molar-refractivity contribution in [1.82, 2.24) is 10.2 Å². The van der Waals surface area contributed by atoms with Crippen molar-refractivity contribution in [2.45, 2.75) is 38.2 Å². The summed E-state index contributed by atoms with van der Waals surface area (Å²) in [5.41, 5.74) is 0. The topological polar surface area (TPSA) is 60.0 Å². The highest BCUT2D eigenvalue weighted by atomic mass is 16.5. The van der Waals surface area contributed by atoms with Gasteiger partial charge in [-0.15, -0.1) is 0 Å². The number of hydrogen-bond acceptors (Lipinski definition) is 5. The van der Waals surface area contributed by atoms with Crippen molar-refractivity contribution in [3.05, 3.63) is 18.2 Å². The van der Waals surface area contributed by atoms with Gasteiger partial charge in [0.15, 0.2) is 11.5 Å². The third-order valence-corrected chi connectivity index (χ3v) is 5.39. The van der Waals surface area contributed by atoms with E-state index in [4.69, 9.17) is 14.2 Å². The molecule has 2 aliphatic heterocycles. The molecule has 2 heterocycles. The zero-order valence-electron chi connectivity index (χ0n) is 15.8. The van der Waals surface area contributed by atoms with Crippen molar-refractivity contribution in [2.75, 3.05) is 40.4 Å². The van der Waals surface area contributed by atoms with Crippen molar-refractivity contribution < 1.29 is 19.0 Å². The first-order chi connectivity index (χ1) is 12.7. The highest BCUT2D eigenvalue weighted by Gasteiger charge is 2.26. The lowest BCUT2D eigenvalue weighted by molar-refractivity contribution is -0.133. The molecule has 2 aliphatic rings. The van der Waals surface area contributed by atoms with Crippen LogP contribution in [0.2, 0.25) is 0 Å². The Morgan fingerprint density at radius 1 is 1.15 bits per heavy atom. The molecule has 26 heavy (non-hydrogen) atoms. The summed E-state index contributed by atoms with van der Waals surface area (Å²) in [6.07, 6.45) is 4.60. The number of likely N-dealkylation sites (tertiary alicyclic amines) is 1. The number of rotatable bonds is 7. The summed E-state index contributed by atoms with van der Waals surface area (Å²) in [5.74, 6) is 2.94. The Hall–Kier alpha value is -1.95. The van der Waals surface area contributed by atoms with Gasteiger partial charge in [-0.2, -0.15) is 0 Å². The molecule has 1 amide bonds. The lowest BCUT2D eigenvalue weighted by atomic mass is 10.0. The van der Waals surface area contributed by atoms with Crippen molar-refractivity contribution in [1.29, 1.82) is 0 Å². The Kier molecular flexibility index (Phi) is 6.61. The van der Waals surface area contributed by atoms with Crippen molar-refractivity contribution in [2.24, 2.45) is 5.92 Å². The number of nitrogens with one attached hydrogen (secondary N) is 1. The molecule has 0 aromatic heterocycles. The molecule has 0 saturated carbocycles. The molecule has 6 nitrogen and oxygen atoms in total. The zero-order valence-corrected chi connectivity index (χ0v) is 15.8. The average Bonchev–Trinajstić information content (AvgIpc) is 3.20. The maximum atomic E-state index is 12.4. The number of carbonyl (C=O) groups excluding carboxylic acids is 1. The summed E-state index contributed by atoms with van der Waals surface area (Å²) in [6, 6.07) is 5.62. The molecule has 1 aromatic rings. The van der Waals surface area contributed by atoms with Gasteiger partial charge in [0.25, 0.3) is 0 Å². The summed E-state index contributed by atoms with van der Waals surface area (Å²) < 4.78 is 17.0. The molecular weight excluding hydrogens is 332 g/mol. The van der Waals surface area contributed by atoms with Crippen LogP contribution in [0.4, 0.5) is 0 Å². The minimum Gasteiger partial charge on any atom is -0.493 e.